The predicted octanol–water partition coefficient (Wildman–Crippen LogP) is 4.68. The third kappa shape index (κ3) is 3.38. The Bertz CT molecular complexity index is 583. The molecule has 0 aliphatic carbocycles. The van der Waals surface area contributed by atoms with Crippen LogP contribution in [0.3, 0.4) is 0 Å². The average Bonchev–Trinajstić information content (AvgIpc) is 2.44. The van der Waals surface area contributed by atoms with E-state index in [0.29, 0.717) is 17.5 Å². The topological polar surface area (TPSA) is 12.0 Å². The van der Waals surface area contributed by atoms with Crippen molar-refractivity contribution in [1.29, 1.82) is 0 Å². The minimum absolute atomic E-state index is 0.0696. The van der Waals surface area contributed by atoms with E-state index in [1.807, 2.05) is 43.3 Å². The smallest absolute Gasteiger partial charge is 0.130 e. The van der Waals surface area contributed by atoms with Crippen LogP contribution < -0.4 is 5.32 Å². The molecular formula is C17H19ClFN. The Morgan fingerprint density at radius 1 is 1.15 bits per heavy atom. The molecule has 0 aromatic heterocycles. The molecule has 0 heterocycles. The zero-order chi connectivity index (χ0) is 14.5. The normalized spacial score (nSPS) is 12.4. The number of halogens is 2. The van der Waals surface area contributed by atoms with Gasteiger partial charge in [-0.15, -0.1) is 0 Å². The highest BCUT2D eigenvalue weighted by Gasteiger charge is 2.17. The van der Waals surface area contributed by atoms with Crippen molar-refractivity contribution >= 4 is 11.6 Å². The summed E-state index contributed by atoms with van der Waals surface area (Å²) in [7, 11) is 0. The summed E-state index contributed by atoms with van der Waals surface area (Å²) in [5, 5.41) is 4.07. The molecule has 2 aromatic carbocycles. The van der Waals surface area contributed by atoms with E-state index in [2.05, 4.69) is 5.32 Å². The number of rotatable bonds is 5. The van der Waals surface area contributed by atoms with Crippen molar-refractivity contribution in [3.63, 3.8) is 0 Å². The van der Waals surface area contributed by atoms with E-state index in [0.717, 1.165) is 17.1 Å². The summed E-state index contributed by atoms with van der Waals surface area (Å²) in [4.78, 5) is 0. The molecule has 0 aliphatic rings. The maximum Gasteiger partial charge on any atom is 0.130 e. The predicted molar refractivity (Wildman–Crippen MR) is 82.7 cm³/mol. The van der Waals surface area contributed by atoms with Crippen LogP contribution in [0.1, 0.15) is 29.7 Å². The quantitative estimate of drug-likeness (QED) is 0.843. The first-order chi connectivity index (χ1) is 9.63. The standard InChI is InChI=1S/C17H19ClFN/c1-3-20-16(11-13-8-4-5-10-15(13)18)14-9-6-7-12(2)17(14)19/h4-10,16,20H,3,11H2,1-2H3. The summed E-state index contributed by atoms with van der Waals surface area (Å²) in [5.74, 6) is -0.134. The molecule has 1 atom stereocenters. The van der Waals surface area contributed by atoms with E-state index in [1.165, 1.54) is 0 Å². The summed E-state index contributed by atoms with van der Waals surface area (Å²) in [6, 6.07) is 13.2. The lowest BCUT2D eigenvalue weighted by Gasteiger charge is -2.20. The van der Waals surface area contributed by atoms with Gasteiger partial charge in [0, 0.05) is 16.6 Å². The van der Waals surface area contributed by atoms with Gasteiger partial charge >= 0.3 is 0 Å². The van der Waals surface area contributed by atoms with E-state index in [-0.39, 0.29) is 11.9 Å². The van der Waals surface area contributed by atoms with Crippen LogP contribution in [0.25, 0.3) is 0 Å². The fraction of sp³-hybridized carbons (Fsp3) is 0.294. The van der Waals surface area contributed by atoms with Crippen molar-refractivity contribution in [2.75, 3.05) is 6.54 Å². The van der Waals surface area contributed by atoms with Crippen molar-refractivity contribution < 1.29 is 4.39 Å². The number of likely N-dealkylation sites (N-methyl/N-ethyl adjacent to an activating group) is 1. The second kappa shape index (κ2) is 6.87. The van der Waals surface area contributed by atoms with Crippen molar-refractivity contribution in [3.8, 4) is 0 Å². The summed E-state index contributed by atoms with van der Waals surface area (Å²) >= 11 is 6.21. The van der Waals surface area contributed by atoms with Gasteiger partial charge in [-0.3, -0.25) is 0 Å². The number of hydrogen-bond donors (Lipinski definition) is 1. The molecule has 0 radical (unpaired) electrons. The van der Waals surface area contributed by atoms with Crippen LogP contribution >= 0.6 is 11.6 Å². The van der Waals surface area contributed by atoms with Crippen LogP contribution in [-0.2, 0) is 6.42 Å². The molecule has 0 saturated heterocycles. The van der Waals surface area contributed by atoms with Crippen molar-refractivity contribution in [1.82, 2.24) is 5.32 Å². The average molecular weight is 292 g/mol. The highest BCUT2D eigenvalue weighted by molar-refractivity contribution is 6.31. The molecule has 0 saturated carbocycles. The first-order valence-electron chi connectivity index (χ1n) is 6.85. The Labute approximate surface area is 124 Å². The Morgan fingerprint density at radius 3 is 2.60 bits per heavy atom. The van der Waals surface area contributed by atoms with Crippen molar-refractivity contribution in [2.24, 2.45) is 0 Å². The van der Waals surface area contributed by atoms with E-state index < -0.39 is 0 Å². The zero-order valence-corrected chi connectivity index (χ0v) is 12.5. The monoisotopic (exact) mass is 291 g/mol. The van der Waals surface area contributed by atoms with Crippen LogP contribution in [0.2, 0.25) is 5.02 Å². The van der Waals surface area contributed by atoms with Gasteiger partial charge < -0.3 is 5.32 Å². The van der Waals surface area contributed by atoms with Gasteiger partial charge in [0.05, 0.1) is 0 Å². The molecule has 1 N–H and O–H groups in total. The molecule has 0 amide bonds. The van der Waals surface area contributed by atoms with Gasteiger partial charge in [0.25, 0.3) is 0 Å². The van der Waals surface area contributed by atoms with E-state index in [4.69, 9.17) is 11.6 Å². The highest BCUT2D eigenvalue weighted by atomic mass is 35.5. The van der Waals surface area contributed by atoms with E-state index in [9.17, 15) is 4.39 Å². The molecule has 1 unspecified atom stereocenters. The van der Waals surface area contributed by atoms with Gasteiger partial charge in [-0.2, -0.15) is 0 Å². The third-order valence-corrected chi connectivity index (χ3v) is 3.80. The van der Waals surface area contributed by atoms with Crippen LogP contribution in [0.4, 0.5) is 4.39 Å². The molecule has 0 aliphatic heterocycles. The Balaban J connectivity index is 2.32. The van der Waals surface area contributed by atoms with E-state index in [1.54, 1.807) is 13.0 Å². The molecule has 0 bridgehead atoms. The summed E-state index contributed by atoms with van der Waals surface area (Å²) in [5.41, 5.74) is 2.40. The van der Waals surface area contributed by atoms with Crippen LogP contribution in [0.15, 0.2) is 42.5 Å². The first kappa shape index (κ1) is 15.0. The minimum Gasteiger partial charge on any atom is -0.310 e. The SMILES string of the molecule is CCNC(Cc1ccccc1Cl)c1cccc(C)c1F. The fourth-order valence-corrected chi connectivity index (χ4v) is 2.57. The number of aryl methyl sites for hydroxylation is 1. The lowest BCUT2D eigenvalue weighted by atomic mass is 9.97. The molecule has 1 nitrogen and oxygen atoms in total. The number of hydrogen-bond acceptors (Lipinski definition) is 1. The van der Waals surface area contributed by atoms with Crippen molar-refractivity contribution in [3.05, 3.63) is 70.0 Å². The largest absolute Gasteiger partial charge is 0.310 e. The second-order valence-corrected chi connectivity index (χ2v) is 5.29. The molecule has 20 heavy (non-hydrogen) atoms. The number of benzene rings is 2. The fourth-order valence-electron chi connectivity index (χ4n) is 2.36. The minimum atomic E-state index is -0.134. The maximum atomic E-state index is 14.3. The van der Waals surface area contributed by atoms with Gasteiger partial charge in [-0.25, -0.2) is 4.39 Å². The lowest BCUT2D eigenvalue weighted by molar-refractivity contribution is 0.507. The van der Waals surface area contributed by atoms with Gasteiger partial charge in [0.15, 0.2) is 0 Å². The first-order valence-corrected chi connectivity index (χ1v) is 7.23. The van der Waals surface area contributed by atoms with Gasteiger partial charge in [0.1, 0.15) is 5.82 Å². The summed E-state index contributed by atoms with van der Waals surface area (Å²) in [6.07, 6.45) is 0.674. The zero-order valence-electron chi connectivity index (χ0n) is 11.8. The van der Waals surface area contributed by atoms with E-state index >= 15 is 0 Å². The Morgan fingerprint density at radius 2 is 1.90 bits per heavy atom. The molecular weight excluding hydrogens is 273 g/mol. The van der Waals surface area contributed by atoms with Crippen LogP contribution in [0.5, 0.6) is 0 Å². The Kier molecular flexibility index (Phi) is 5.16. The van der Waals surface area contributed by atoms with Crippen LogP contribution in [0, 0.1) is 12.7 Å². The number of nitrogens with one attached hydrogen (secondary N) is 1. The van der Waals surface area contributed by atoms with Crippen LogP contribution in [-0.4, -0.2) is 6.54 Å². The van der Waals surface area contributed by atoms with Crippen molar-refractivity contribution in [2.45, 2.75) is 26.3 Å². The summed E-state index contributed by atoms with van der Waals surface area (Å²) < 4.78 is 14.3. The molecule has 2 aromatic rings. The molecule has 106 valence electrons. The van der Waals surface area contributed by atoms with Gasteiger partial charge in [-0.05, 0) is 37.1 Å². The van der Waals surface area contributed by atoms with Gasteiger partial charge in [0.2, 0.25) is 0 Å². The maximum absolute atomic E-state index is 14.3. The van der Waals surface area contributed by atoms with Gasteiger partial charge in [-0.1, -0.05) is 54.9 Å². The summed E-state index contributed by atoms with van der Waals surface area (Å²) in [6.45, 7) is 4.59. The second-order valence-electron chi connectivity index (χ2n) is 4.88. The molecule has 2 rings (SSSR count). The highest BCUT2D eigenvalue weighted by Crippen LogP contribution is 2.26. The third-order valence-electron chi connectivity index (χ3n) is 3.43. The molecule has 0 spiro atoms. The molecule has 3 heteroatoms. The molecule has 0 fully saturated rings. The Hall–Kier alpha value is -1.38. The lowest BCUT2D eigenvalue weighted by Crippen LogP contribution is -2.24.